The van der Waals surface area contributed by atoms with Crippen LogP contribution < -0.4 is 9.88 Å². The van der Waals surface area contributed by atoms with Crippen LogP contribution in [0.1, 0.15) is 0 Å². The number of sulfonamides is 1. The maximum absolute atomic E-state index is 11.2. The number of likely N-dealkylation sites (N-methyl/N-ethyl adjacent to an activating group) is 1. The highest BCUT2D eigenvalue weighted by Crippen LogP contribution is 2.32. The lowest BCUT2D eigenvalue weighted by atomic mass is 10.3. The Balaban J connectivity index is 2.94. The Labute approximate surface area is 116 Å². The molecule has 0 aliphatic rings. The molecule has 2 N–H and O–H groups in total. The first-order valence-electron chi connectivity index (χ1n) is 5.01. The molecular formula is C10H14Cl2N2O3S. The highest BCUT2D eigenvalue weighted by atomic mass is 35.5. The molecule has 0 saturated heterocycles. The van der Waals surface area contributed by atoms with Gasteiger partial charge in [-0.15, -0.1) is 0 Å². The number of nitrogens with zero attached hydrogens (tertiary/aromatic N) is 1. The van der Waals surface area contributed by atoms with Crippen molar-refractivity contribution < 1.29 is 13.2 Å². The van der Waals surface area contributed by atoms with E-state index in [1.807, 2.05) is 19.0 Å². The van der Waals surface area contributed by atoms with Gasteiger partial charge in [-0.25, -0.2) is 13.6 Å². The van der Waals surface area contributed by atoms with E-state index in [0.29, 0.717) is 18.9 Å². The molecule has 0 amide bonds. The molecule has 1 rings (SSSR count). The lowest BCUT2D eigenvalue weighted by Gasteiger charge is -2.13. The summed E-state index contributed by atoms with van der Waals surface area (Å²) in [4.78, 5) is 1.72. The molecule has 1 aromatic rings. The van der Waals surface area contributed by atoms with Crippen LogP contribution in [0.2, 0.25) is 10.0 Å². The standard InChI is InChI=1S/C10H14Cl2N2O3S/c1-14(2)3-4-17-9-5-8(12)10(6-7(9)11)18(13,15)16/h5-6H,3-4H2,1-2H3,(H2,13,15,16). The van der Waals surface area contributed by atoms with Crippen molar-refractivity contribution in [3.8, 4) is 5.75 Å². The second kappa shape index (κ2) is 6.08. The van der Waals surface area contributed by atoms with Gasteiger partial charge in [0.2, 0.25) is 10.0 Å². The fraction of sp³-hybridized carbons (Fsp3) is 0.400. The van der Waals surface area contributed by atoms with Gasteiger partial charge >= 0.3 is 0 Å². The van der Waals surface area contributed by atoms with Crippen LogP contribution in [-0.2, 0) is 10.0 Å². The summed E-state index contributed by atoms with van der Waals surface area (Å²) in [7, 11) is -0.0773. The zero-order valence-electron chi connectivity index (χ0n) is 9.98. The van der Waals surface area contributed by atoms with Gasteiger partial charge in [0.05, 0.1) is 10.0 Å². The van der Waals surface area contributed by atoms with Crippen LogP contribution in [0.25, 0.3) is 0 Å². The summed E-state index contributed by atoms with van der Waals surface area (Å²) in [5.41, 5.74) is 0. The zero-order valence-corrected chi connectivity index (χ0v) is 12.3. The van der Waals surface area contributed by atoms with Gasteiger partial charge in [0, 0.05) is 12.6 Å². The molecule has 1 aromatic carbocycles. The predicted molar refractivity (Wildman–Crippen MR) is 71.9 cm³/mol. The van der Waals surface area contributed by atoms with E-state index >= 15 is 0 Å². The molecule has 0 aliphatic carbocycles. The number of hydrogen-bond acceptors (Lipinski definition) is 4. The topological polar surface area (TPSA) is 72.6 Å². The second-order valence-electron chi connectivity index (χ2n) is 3.91. The van der Waals surface area contributed by atoms with Crippen LogP contribution in [0.4, 0.5) is 0 Å². The third-order valence-electron chi connectivity index (χ3n) is 2.09. The Morgan fingerprint density at radius 2 is 1.89 bits per heavy atom. The van der Waals surface area contributed by atoms with Crippen LogP contribution in [0.3, 0.4) is 0 Å². The van der Waals surface area contributed by atoms with Gasteiger partial charge in [-0.05, 0) is 20.2 Å². The lowest BCUT2D eigenvalue weighted by Crippen LogP contribution is -2.19. The van der Waals surface area contributed by atoms with Crippen LogP contribution in [0, 0.1) is 0 Å². The first-order chi connectivity index (χ1) is 8.21. The van der Waals surface area contributed by atoms with Gasteiger partial charge in [0.25, 0.3) is 0 Å². The van der Waals surface area contributed by atoms with Gasteiger partial charge in [-0.3, -0.25) is 0 Å². The maximum atomic E-state index is 11.2. The number of benzene rings is 1. The summed E-state index contributed by atoms with van der Waals surface area (Å²) in [6.45, 7) is 1.11. The van der Waals surface area contributed by atoms with E-state index < -0.39 is 10.0 Å². The van der Waals surface area contributed by atoms with Crippen LogP contribution in [0.15, 0.2) is 17.0 Å². The average Bonchev–Trinajstić information content (AvgIpc) is 2.20. The van der Waals surface area contributed by atoms with E-state index in [1.165, 1.54) is 12.1 Å². The maximum Gasteiger partial charge on any atom is 0.239 e. The summed E-state index contributed by atoms with van der Waals surface area (Å²) in [6.07, 6.45) is 0. The molecule has 0 bridgehead atoms. The van der Waals surface area contributed by atoms with Crippen molar-refractivity contribution in [2.75, 3.05) is 27.2 Å². The Kier molecular flexibility index (Phi) is 5.24. The fourth-order valence-corrected chi connectivity index (χ4v) is 2.55. The Morgan fingerprint density at radius 1 is 1.28 bits per heavy atom. The number of nitrogens with two attached hydrogens (primary N) is 1. The number of primary sulfonamides is 1. The fourth-order valence-electron chi connectivity index (χ4n) is 1.18. The number of hydrogen-bond donors (Lipinski definition) is 1. The molecule has 0 radical (unpaired) electrons. The largest absolute Gasteiger partial charge is 0.491 e. The Hall–Kier alpha value is -0.530. The van der Waals surface area contributed by atoms with E-state index in [0.717, 1.165) is 0 Å². The number of ether oxygens (including phenoxy) is 1. The molecule has 0 unspecified atom stereocenters. The normalized spacial score (nSPS) is 11.9. The second-order valence-corrected chi connectivity index (χ2v) is 6.25. The number of rotatable bonds is 5. The van der Waals surface area contributed by atoms with Gasteiger partial charge in [-0.2, -0.15) is 0 Å². The summed E-state index contributed by atoms with van der Waals surface area (Å²) in [5.74, 6) is 0.330. The SMILES string of the molecule is CN(C)CCOc1cc(Cl)c(S(N)(=O)=O)cc1Cl. The van der Waals surface area contributed by atoms with Gasteiger partial charge < -0.3 is 9.64 Å². The summed E-state index contributed by atoms with van der Waals surface area (Å²) >= 11 is 11.7. The van der Waals surface area contributed by atoms with Gasteiger partial charge in [-0.1, -0.05) is 23.2 Å². The summed E-state index contributed by atoms with van der Waals surface area (Å²) in [6, 6.07) is 2.53. The molecule has 0 aromatic heterocycles. The average molecular weight is 313 g/mol. The van der Waals surface area contributed by atoms with Crippen molar-refractivity contribution in [2.45, 2.75) is 4.90 Å². The Bertz CT molecular complexity index is 532. The first kappa shape index (κ1) is 15.5. The molecule has 0 atom stereocenters. The highest BCUT2D eigenvalue weighted by Gasteiger charge is 2.16. The van der Waals surface area contributed by atoms with Crippen molar-refractivity contribution in [3.63, 3.8) is 0 Å². The molecule has 0 saturated carbocycles. The van der Waals surface area contributed by atoms with Crippen LogP contribution in [-0.4, -0.2) is 40.6 Å². The van der Waals surface area contributed by atoms with E-state index in [4.69, 9.17) is 33.1 Å². The Morgan fingerprint density at radius 3 is 2.39 bits per heavy atom. The van der Waals surface area contributed by atoms with E-state index in [2.05, 4.69) is 0 Å². The third kappa shape index (κ3) is 4.29. The quantitative estimate of drug-likeness (QED) is 0.896. The zero-order chi connectivity index (χ0) is 13.9. The predicted octanol–water partition coefficient (Wildman–Crippen LogP) is 1.58. The molecule has 18 heavy (non-hydrogen) atoms. The van der Waals surface area contributed by atoms with E-state index in [1.54, 1.807) is 0 Å². The van der Waals surface area contributed by atoms with Crippen molar-refractivity contribution in [1.29, 1.82) is 0 Å². The third-order valence-corrected chi connectivity index (χ3v) is 3.76. The molecule has 8 heteroatoms. The van der Waals surface area contributed by atoms with Crippen molar-refractivity contribution in [2.24, 2.45) is 5.14 Å². The molecule has 0 aliphatic heterocycles. The molecular weight excluding hydrogens is 299 g/mol. The molecule has 0 heterocycles. The van der Waals surface area contributed by atoms with Crippen molar-refractivity contribution in [1.82, 2.24) is 4.90 Å². The van der Waals surface area contributed by atoms with E-state index in [9.17, 15) is 8.42 Å². The summed E-state index contributed by atoms with van der Waals surface area (Å²) < 4.78 is 27.8. The van der Waals surface area contributed by atoms with Crippen LogP contribution in [0.5, 0.6) is 5.75 Å². The van der Waals surface area contributed by atoms with Crippen molar-refractivity contribution >= 4 is 33.2 Å². The van der Waals surface area contributed by atoms with Gasteiger partial charge in [0.1, 0.15) is 17.3 Å². The van der Waals surface area contributed by atoms with Crippen LogP contribution >= 0.6 is 23.2 Å². The first-order valence-corrected chi connectivity index (χ1v) is 7.31. The monoisotopic (exact) mass is 312 g/mol. The molecule has 0 fully saturated rings. The number of halogens is 2. The summed E-state index contributed by atoms with van der Waals surface area (Å²) in [5, 5.41) is 5.14. The van der Waals surface area contributed by atoms with Gasteiger partial charge in [0.15, 0.2) is 0 Å². The van der Waals surface area contributed by atoms with Crippen molar-refractivity contribution in [3.05, 3.63) is 22.2 Å². The molecule has 5 nitrogen and oxygen atoms in total. The smallest absolute Gasteiger partial charge is 0.239 e. The minimum atomic E-state index is -3.89. The minimum Gasteiger partial charge on any atom is -0.491 e. The molecule has 0 spiro atoms. The molecule has 102 valence electrons. The lowest BCUT2D eigenvalue weighted by molar-refractivity contribution is 0.261. The minimum absolute atomic E-state index is 0.0123. The van der Waals surface area contributed by atoms with E-state index in [-0.39, 0.29) is 14.9 Å². The highest BCUT2D eigenvalue weighted by molar-refractivity contribution is 7.89.